The quantitative estimate of drug-likeness (QED) is 0.808. The molecule has 2 amide bonds. The molecule has 1 atom stereocenters. The smallest absolute Gasteiger partial charge is 0.317 e. The van der Waals surface area contributed by atoms with Crippen LogP contribution in [-0.4, -0.2) is 57.7 Å². The maximum absolute atomic E-state index is 11.6. The minimum atomic E-state index is 0.0565. The summed E-state index contributed by atoms with van der Waals surface area (Å²) in [6.07, 6.45) is 3.64. The first kappa shape index (κ1) is 11.5. The summed E-state index contributed by atoms with van der Waals surface area (Å²) in [5, 5.41) is 7.32. The van der Waals surface area contributed by atoms with Gasteiger partial charge in [-0.25, -0.2) is 14.3 Å². The summed E-state index contributed by atoms with van der Waals surface area (Å²) in [7, 11) is 0. The largest absolute Gasteiger partial charge is 0.351 e. The molecule has 0 radical (unpaired) electrons. The fourth-order valence-electron chi connectivity index (χ4n) is 3.07. The molecule has 7 nitrogen and oxygen atoms in total. The van der Waals surface area contributed by atoms with E-state index in [0.29, 0.717) is 0 Å². The van der Waals surface area contributed by atoms with Crippen LogP contribution in [-0.2, 0) is 0 Å². The second-order valence-corrected chi connectivity index (χ2v) is 5.35. The summed E-state index contributed by atoms with van der Waals surface area (Å²) in [4.78, 5) is 20.3. The number of piperazine rings is 1. The number of hydrogen-bond donors (Lipinski definition) is 1. The van der Waals surface area contributed by atoms with Crippen molar-refractivity contribution >= 4 is 17.4 Å². The van der Waals surface area contributed by atoms with E-state index in [1.807, 2.05) is 28.6 Å². The number of anilines is 1. The Hall–Kier alpha value is -2.31. The van der Waals surface area contributed by atoms with Gasteiger partial charge in [-0.05, 0) is 13.0 Å². The van der Waals surface area contributed by atoms with E-state index in [4.69, 9.17) is 0 Å². The van der Waals surface area contributed by atoms with Crippen LogP contribution in [0.5, 0.6) is 0 Å². The van der Waals surface area contributed by atoms with Crippen molar-refractivity contribution in [2.24, 2.45) is 0 Å². The van der Waals surface area contributed by atoms with Crippen molar-refractivity contribution in [3.8, 4) is 0 Å². The summed E-state index contributed by atoms with van der Waals surface area (Å²) in [6, 6.07) is 2.34. The molecule has 0 aliphatic carbocycles. The van der Waals surface area contributed by atoms with Crippen molar-refractivity contribution < 1.29 is 4.79 Å². The monoisotopic (exact) mass is 272 g/mol. The maximum Gasteiger partial charge on any atom is 0.317 e. The van der Waals surface area contributed by atoms with Gasteiger partial charge in [0.15, 0.2) is 5.82 Å². The number of carbonyl (C=O) groups is 1. The van der Waals surface area contributed by atoms with Gasteiger partial charge in [0.2, 0.25) is 0 Å². The van der Waals surface area contributed by atoms with Crippen LogP contribution in [0.3, 0.4) is 0 Å². The lowest BCUT2D eigenvalue weighted by molar-refractivity contribution is 0.197. The van der Waals surface area contributed by atoms with E-state index in [0.717, 1.165) is 43.2 Å². The minimum absolute atomic E-state index is 0.0565. The second kappa shape index (κ2) is 4.09. The van der Waals surface area contributed by atoms with Crippen LogP contribution in [0.2, 0.25) is 0 Å². The first-order chi connectivity index (χ1) is 9.72. The lowest BCUT2D eigenvalue weighted by atomic mass is 10.2. The van der Waals surface area contributed by atoms with Crippen molar-refractivity contribution in [3.63, 3.8) is 0 Å². The van der Waals surface area contributed by atoms with E-state index in [1.54, 1.807) is 6.20 Å². The molecule has 2 fully saturated rings. The molecular formula is C13H16N6O. The number of rotatable bonds is 1. The molecule has 2 saturated heterocycles. The van der Waals surface area contributed by atoms with Crippen LogP contribution in [0.4, 0.5) is 10.6 Å². The fourth-order valence-corrected chi connectivity index (χ4v) is 3.07. The zero-order valence-corrected chi connectivity index (χ0v) is 11.3. The molecule has 1 N–H and O–H groups in total. The normalized spacial score (nSPS) is 22.2. The van der Waals surface area contributed by atoms with Crippen LogP contribution < -0.4 is 10.2 Å². The molecule has 20 heavy (non-hydrogen) atoms. The number of nitrogens with one attached hydrogen (secondary N) is 1. The van der Waals surface area contributed by atoms with Gasteiger partial charge in [0, 0.05) is 38.6 Å². The van der Waals surface area contributed by atoms with Gasteiger partial charge < -0.3 is 15.1 Å². The lowest BCUT2D eigenvalue weighted by Gasteiger charge is -2.37. The Morgan fingerprint density at radius 2 is 2.30 bits per heavy atom. The van der Waals surface area contributed by atoms with E-state index < -0.39 is 0 Å². The Kier molecular flexibility index (Phi) is 2.35. The lowest BCUT2D eigenvalue weighted by Crippen LogP contribution is -2.52. The Bertz CT molecular complexity index is 681. The van der Waals surface area contributed by atoms with E-state index in [1.165, 1.54) is 0 Å². The number of urea groups is 1. The van der Waals surface area contributed by atoms with Gasteiger partial charge in [0.05, 0.1) is 11.7 Å². The Labute approximate surface area is 116 Å². The highest BCUT2D eigenvalue weighted by molar-refractivity contribution is 5.78. The highest BCUT2D eigenvalue weighted by Crippen LogP contribution is 2.23. The zero-order valence-electron chi connectivity index (χ0n) is 11.3. The zero-order chi connectivity index (χ0) is 13.7. The number of amides is 2. The molecule has 2 aliphatic heterocycles. The molecule has 4 rings (SSSR count). The molecule has 2 aromatic rings. The van der Waals surface area contributed by atoms with Gasteiger partial charge in [0.1, 0.15) is 5.52 Å². The van der Waals surface area contributed by atoms with Crippen molar-refractivity contribution in [2.75, 3.05) is 31.1 Å². The van der Waals surface area contributed by atoms with E-state index in [-0.39, 0.29) is 12.1 Å². The van der Waals surface area contributed by atoms with Crippen molar-refractivity contribution in [1.29, 1.82) is 0 Å². The average Bonchev–Trinajstić information content (AvgIpc) is 3.00. The number of aryl methyl sites for hydroxylation is 1. The Morgan fingerprint density at radius 3 is 3.20 bits per heavy atom. The van der Waals surface area contributed by atoms with Crippen LogP contribution in [0.15, 0.2) is 18.5 Å². The number of fused-ring (bicyclic) bond motifs is 2. The highest BCUT2D eigenvalue weighted by atomic mass is 16.2. The molecule has 2 aliphatic rings. The first-order valence-corrected chi connectivity index (χ1v) is 6.83. The van der Waals surface area contributed by atoms with Crippen molar-refractivity contribution in [2.45, 2.75) is 13.0 Å². The van der Waals surface area contributed by atoms with Crippen LogP contribution in [0, 0.1) is 6.92 Å². The van der Waals surface area contributed by atoms with E-state index in [2.05, 4.69) is 20.3 Å². The topological polar surface area (TPSA) is 65.8 Å². The molecule has 2 aromatic heterocycles. The molecule has 0 saturated carbocycles. The average molecular weight is 272 g/mol. The Balaban J connectivity index is 1.68. The Morgan fingerprint density at radius 1 is 1.40 bits per heavy atom. The standard InChI is InChI=1S/C13H16N6O/c1-9-6-11-12(14-2-3-19(11)16-9)17-4-5-18-10(8-17)7-15-13(18)20/h2-3,6,10H,4-5,7-8H2,1H3,(H,15,20). The molecule has 4 heterocycles. The van der Waals surface area contributed by atoms with Gasteiger partial charge in [-0.1, -0.05) is 0 Å². The molecule has 104 valence electrons. The minimum Gasteiger partial charge on any atom is -0.351 e. The van der Waals surface area contributed by atoms with Gasteiger partial charge in [-0.2, -0.15) is 5.10 Å². The fraction of sp³-hybridized carbons (Fsp3) is 0.462. The SMILES string of the molecule is Cc1cc2c(N3CCN4C(=O)NCC4C3)nccn2n1. The highest BCUT2D eigenvalue weighted by Gasteiger charge is 2.36. The van der Waals surface area contributed by atoms with Gasteiger partial charge in [0.25, 0.3) is 0 Å². The summed E-state index contributed by atoms with van der Waals surface area (Å²) >= 11 is 0. The molecule has 7 heteroatoms. The summed E-state index contributed by atoms with van der Waals surface area (Å²) in [6.45, 7) is 5.06. The number of nitrogens with zero attached hydrogens (tertiary/aromatic N) is 5. The summed E-state index contributed by atoms with van der Waals surface area (Å²) in [5.74, 6) is 0.951. The first-order valence-electron chi connectivity index (χ1n) is 6.83. The van der Waals surface area contributed by atoms with E-state index in [9.17, 15) is 4.79 Å². The third kappa shape index (κ3) is 1.62. The van der Waals surface area contributed by atoms with Crippen molar-refractivity contribution in [1.82, 2.24) is 24.8 Å². The second-order valence-electron chi connectivity index (χ2n) is 5.35. The number of hydrogen-bond acceptors (Lipinski definition) is 4. The van der Waals surface area contributed by atoms with Crippen LogP contribution in [0.25, 0.3) is 5.52 Å². The maximum atomic E-state index is 11.6. The molecule has 0 aromatic carbocycles. The third-order valence-corrected chi connectivity index (χ3v) is 4.02. The predicted molar refractivity (Wildman–Crippen MR) is 73.8 cm³/mol. The number of aromatic nitrogens is 3. The van der Waals surface area contributed by atoms with Crippen molar-refractivity contribution in [3.05, 3.63) is 24.2 Å². The predicted octanol–water partition coefficient (Wildman–Crippen LogP) is 0.252. The van der Waals surface area contributed by atoms with Gasteiger partial charge >= 0.3 is 6.03 Å². The van der Waals surface area contributed by atoms with Crippen LogP contribution in [0.1, 0.15) is 5.69 Å². The van der Waals surface area contributed by atoms with E-state index >= 15 is 0 Å². The molecule has 0 bridgehead atoms. The van der Waals surface area contributed by atoms with Crippen LogP contribution >= 0.6 is 0 Å². The van der Waals surface area contributed by atoms with Gasteiger partial charge in [-0.3, -0.25) is 0 Å². The number of carbonyl (C=O) groups excluding carboxylic acids is 1. The molecule has 0 spiro atoms. The summed E-state index contributed by atoms with van der Waals surface area (Å²) in [5.41, 5.74) is 2.01. The van der Waals surface area contributed by atoms with Gasteiger partial charge in [-0.15, -0.1) is 0 Å². The summed E-state index contributed by atoms with van der Waals surface area (Å²) < 4.78 is 1.86. The molecule has 1 unspecified atom stereocenters. The third-order valence-electron chi connectivity index (χ3n) is 4.02. The molecular weight excluding hydrogens is 256 g/mol.